The Kier molecular flexibility index (Phi) is 4.51. The number of hydrogen-bond acceptors (Lipinski definition) is 2. The smallest absolute Gasteiger partial charge is 0.233 e. The lowest BCUT2D eigenvalue weighted by Crippen LogP contribution is -2.39. The minimum absolute atomic E-state index is 0.0338. The summed E-state index contributed by atoms with van der Waals surface area (Å²) in [6.07, 6.45) is 6.32. The Morgan fingerprint density at radius 2 is 2.07 bits per heavy atom. The highest BCUT2D eigenvalue weighted by atomic mass is 32.1. The van der Waals surface area contributed by atoms with Crippen LogP contribution in [0.3, 0.4) is 0 Å². The molecule has 1 rings (SSSR count). The maximum atomic E-state index is 11.7. The van der Waals surface area contributed by atoms with E-state index >= 15 is 0 Å². The van der Waals surface area contributed by atoms with E-state index in [1.807, 2.05) is 0 Å². The molecule has 0 aliphatic heterocycles. The predicted octanol–water partition coefficient (Wildman–Crippen LogP) is 1.75. The summed E-state index contributed by atoms with van der Waals surface area (Å²) in [6, 6.07) is 0. The fourth-order valence-corrected chi connectivity index (χ4v) is 1.93. The van der Waals surface area contributed by atoms with Crippen LogP contribution < -0.4 is 11.1 Å². The molecule has 3 nitrogen and oxygen atoms in total. The van der Waals surface area contributed by atoms with Crippen LogP contribution in [0.4, 0.5) is 0 Å². The second kappa shape index (κ2) is 5.45. The Balaban J connectivity index is 2.17. The van der Waals surface area contributed by atoms with Crippen LogP contribution in [0, 0.1) is 5.41 Å². The summed E-state index contributed by atoms with van der Waals surface area (Å²) < 4.78 is 0. The van der Waals surface area contributed by atoms with Gasteiger partial charge in [-0.05, 0) is 19.3 Å². The lowest BCUT2D eigenvalue weighted by atomic mass is 10.1. The van der Waals surface area contributed by atoms with E-state index < -0.39 is 5.41 Å². The van der Waals surface area contributed by atoms with Gasteiger partial charge in [-0.3, -0.25) is 4.79 Å². The average Bonchev–Trinajstić information content (AvgIpc) is 2.97. The van der Waals surface area contributed by atoms with E-state index in [1.54, 1.807) is 0 Å². The molecule has 4 heteroatoms. The number of rotatable bonds is 7. The Morgan fingerprint density at radius 3 is 2.53 bits per heavy atom. The van der Waals surface area contributed by atoms with Crippen molar-refractivity contribution in [2.75, 3.05) is 6.54 Å². The molecule has 15 heavy (non-hydrogen) atoms. The maximum Gasteiger partial charge on any atom is 0.233 e. The van der Waals surface area contributed by atoms with Gasteiger partial charge in [0.05, 0.1) is 10.4 Å². The van der Waals surface area contributed by atoms with Crippen molar-refractivity contribution in [2.45, 2.75) is 45.4 Å². The molecule has 3 N–H and O–H groups in total. The van der Waals surface area contributed by atoms with Crippen LogP contribution in [0.2, 0.25) is 0 Å². The molecule has 0 saturated heterocycles. The van der Waals surface area contributed by atoms with Gasteiger partial charge in [-0.2, -0.15) is 0 Å². The van der Waals surface area contributed by atoms with Gasteiger partial charge < -0.3 is 11.1 Å². The number of nitrogens with one attached hydrogen (secondary N) is 1. The molecule has 0 radical (unpaired) electrons. The van der Waals surface area contributed by atoms with Crippen LogP contribution in [0.1, 0.15) is 45.4 Å². The molecule has 1 aliphatic rings. The van der Waals surface area contributed by atoms with Gasteiger partial charge >= 0.3 is 0 Å². The molecule has 1 fully saturated rings. The van der Waals surface area contributed by atoms with Gasteiger partial charge in [-0.25, -0.2) is 0 Å². The zero-order chi connectivity index (χ0) is 11.3. The van der Waals surface area contributed by atoms with Gasteiger partial charge in [-0.1, -0.05) is 38.4 Å². The van der Waals surface area contributed by atoms with Gasteiger partial charge in [0.2, 0.25) is 5.91 Å². The van der Waals surface area contributed by atoms with Crippen LogP contribution in [-0.2, 0) is 4.79 Å². The van der Waals surface area contributed by atoms with Crippen LogP contribution in [-0.4, -0.2) is 17.4 Å². The second-order valence-corrected chi connectivity index (χ2v) is 4.70. The molecule has 86 valence electrons. The number of amides is 1. The lowest BCUT2D eigenvalue weighted by molar-refractivity contribution is -0.124. The van der Waals surface area contributed by atoms with Gasteiger partial charge in [-0.15, -0.1) is 0 Å². The summed E-state index contributed by atoms with van der Waals surface area (Å²) >= 11 is 4.91. The van der Waals surface area contributed by atoms with E-state index in [9.17, 15) is 4.79 Å². The molecule has 0 aromatic rings. The van der Waals surface area contributed by atoms with Crippen molar-refractivity contribution in [3.63, 3.8) is 0 Å². The summed E-state index contributed by atoms with van der Waals surface area (Å²) in [5, 5.41) is 2.92. The molecule has 0 spiro atoms. The van der Waals surface area contributed by atoms with Crippen molar-refractivity contribution in [1.82, 2.24) is 5.32 Å². The van der Waals surface area contributed by atoms with Gasteiger partial charge in [0.1, 0.15) is 0 Å². The normalized spacial score (nSPS) is 17.1. The molecule has 0 unspecified atom stereocenters. The first-order valence-electron chi connectivity index (χ1n) is 5.71. The van der Waals surface area contributed by atoms with E-state index in [-0.39, 0.29) is 5.91 Å². The largest absolute Gasteiger partial charge is 0.392 e. The third kappa shape index (κ3) is 3.16. The molecule has 1 saturated carbocycles. The highest BCUT2D eigenvalue weighted by Crippen LogP contribution is 2.46. The first-order chi connectivity index (χ1) is 7.13. The number of hydrogen-bond donors (Lipinski definition) is 2. The van der Waals surface area contributed by atoms with Crippen molar-refractivity contribution in [1.29, 1.82) is 0 Å². The number of carbonyl (C=O) groups is 1. The monoisotopic (exact) mass is 228 g/mol. The van der Waals surface area contributed by atoms with Gasteiger partial charge in [0, 0.05) is 6.54 Å². The number of unbranched alkanes of at least 4 members (excludes halogenated alkanes) is 3. The molecule has 0 atom stereocenters. The SMILES string of the molecule is CCCCCCNC(=O)C1(C(N)=S)CC1. The summed E-state index contributed by atoms with van der Waals surface area (Å²) in [6.45, 7) is 2.92. The lowest BCUT2D eigenvalue weighted by Gasteiger charge is -2.13. The molecule has 0 aromatic carbocycles. The van der Waals surface area contributed by atoms with E-state index in [1.165, 1.54) is 19.3 Å². The Morgan fingerprint density at radius 1 is 1.40 bits per heavy atom. The number of carbonyl (C=O) groups excluding carboxylic acids is 1. The average molecular weight is 228 g/mol. The molecular formula is C11H20N2OS. The molecule has 0 aromatic heterocycles. The minimum Gasteiger partial charge on any atom is -0.392 e. The van der Waals surface area contributed by atoms with Crippen LogP contribution in [0.25, 0.3) is 0 Å². The summed E-state index contributed by atoms with van der Waals surface area (Å²) in [5.74, 6) is 0.0338. The van der Waals surface area contributed by atoms with Gasteiger partial charge in [0.15, 0.2) is 0 Å². The summed E-state index contributed by atoms with van der Waals surface area (Å²) in [4.78, 5) is 12.1. The molecular weight excluding hydrogens is 208 g/mol. The predicted molar refractivity (Wildman–Crippen MR) is 65.6 cm³/mol. The standard InChI is InChI=1S/C11H20N2OS/c1-2-3-4-5-8-13-10(14)11(6-7-11)9(12)15/h2-8H2,1H3,(H2,12,15)(H,13,14). The van der Waals surface area contributed by atoms with E-state index in [2.05, 4.69) is 12.2 Å². The highest BCUT2D eigenvalue weighted by molar-refractivity contribution is 7.80. The third-order valence-corrected chi connectivity index (χ3v) is 3.36. The van der Waals surface area contributed by atoms with Crippen molar-refractivity contribution in [2.24, 2.45) is 11.1 Å². The van der Waals surface area contributed by atoms with Gasteiger partial charge in [0.25, 0.3) is 0 Å². The first kappa shape index (κ1) is 12.4. The first-order valence-corrected chi connectivity index (χ1v) is 6.12. The second-order valence-electron chi connectivity index (χ2n) is 4.26. The van der Waals surface area contributed by atoms with Crippen molar-refractivity contribution in [3.8, 4) is 0 Å². The Hall–Kier alpha value is -0.640. The van der Waals surface area contributed by atoms with Crippen LogP contribution in [0.5, 0.6) is 0 Å². The van der Waals surface area contributed by atoms with E-state index in [0.717, 1.165) is 25.8 Å². The minimum atomic E-state index is -0.486. The van der Waals surface area contributed by atoms with Crippen LogP contribution in [0.15, 0.2) is 0 Å². The molecule has 1 aliphatic carbocycles. The topological polar surface area (TPSA) is 55.1 Å². The highest BCUT2D eigenvalue weighted by Gasteiger charge is 2.52. The number of nitrogens with two attached hydrogens (primary N) is 1. The van der Waals surface area contributed by atoms with E-state index in [4.69, 9.17) is 18.0 Å². The Bertz CT molecular complexity index is 249. The maximum absolute atomic E-state index is 11.7. The number of thiocarbonyl (C=S) groups is 1. The van der Waals surface area contributed by atoms with Crippen molar-refractivity contribution < 1.29 is 4.79 Å². The fraction of sp³-hybridized carbons (Fsp3) is 0.818. The molecule has 0 bridgehead atoms. The zero-order valence-corrected chi connectivity index (χ0v) is 10.2. The zero-order valence-electron chi connectivity index (χ0n) is 9.34. The third-order valence-electron chi connectivity index (χ3n) is 2.97. The van der Waals surface area contributed by atoms with Crippen LogP contribution >= 0.6 is 12.2 Å². The molecule has 1 amide bonds. The Labute approximate surface area is 96.8 Å². The van der Waals surface area contributed by atoms with Crippen molar-refractivity contribution in [3.05, 3.63) is 0 Å². The quantitative estimate of drug-likeness (QED) is 0.515. The summed E-state index contributed by atoms with van der Waals surface area (Å²) in [5.41, 5.74) is 5.07. The van der Waals surface area contributed by atoms with Crippen molar-refractivity contribution >= 4 is 23.1 Å². The van der Waals surface area contributed by atoms with E-state index in [0.29, 0.717) is 4.99 Å². The summed E-state index contributed by atoms with van der Waals surface area (Å²) in [7, 11) is 0. The fourth-order valence-electron chi connectivity index (χ4n) is 1.63. The molecule has 0 heterocycles.